The topological polar surface area (TPSA) is 37.3 Å². The molecule has 0 aromatic carbocycles. The number of fused-ring (bicyclic) bond motifs is 1. The summed E-state index contributed by atoms with van der Waals surface area (Å²) >= 11 is 1.59. The largest absolute Gasteiger partial charge is 0.478 e. The minimum Gasteiger partial charge on any atom is -0.478 e. The van der Waals surface area contributed by atoms with Gasteiger partial charge in [0.25, 0.3) is 0 Å². The Morgan fingerprint density at radius 1 is 1.62 bits per heavy atom. The van der Waals surface area contributed by atoms with Gasteiger partial charge in [-0.15, -0.1) is 11.3 Å². The molecular weight excluding hydrogens is 184 g/mol. The molecular formula is C10H12O2S. The lowest BCUT2D eigenvalue weighted by Gasteiger charge is -2.18. The molecule has 0 saturated carbocycles. The van der Waals surface area contributed by atoms with Crippen LogP contribution >= 0.6 is 11.3 Å². The standard InChI is InChI=1S/C10H12O2S/c1-10(2)4-3-7-8(10)6(5-13-7)9(11)12/h5H,3-4H2,1-2H3,(H,11,12). The number of thiophene rings is 1. The molecule has 1 aliphatic carbocycles. The molecule has 1 aliphatic rings. The van der Waals surface area contributed by atoms with Gasteiger partial charge in [0.2, 0.25) is 0 Å². The molecule has 1 aromatic heterocycles. The van der Waals surface area contributed by atoms with Gasteiger partial charge in [-0.1, -0.05) is 13.8 Å². The highest BCUT2D eigenvalue weighted by Crippen LogP contribution is 2.43. The quantitative estimate of drug-likeness (QED) is 0.749. The summed E-state index contributed by atoms with van der Waals surface area (Å²) in [4.78, 5) is 12.2. The molecule has 0 bridgehead atoms. The fraction of sp³-hybridized carbons (Fsp3) is 0.500. The van der Waals surface area contributed by atoms with Gasteiger partial charge in [-0.3, -0.25) is 0 Å². The van der Waals surface area contributed by atoms with Crippen LogP contribution in [0.4, 0.5) is 0 Å². The first-order valence-electron chi connectivity index (χ1n) is 4.36. The Bertz CT molecular complexity index is 363. The fourth-order valence-electron chi connectivity index (χ4n) is 2.03. The molecule has 0 amide bonds. The van der Waals surface area contributed by atoms with Gasteiger partial charge in [0.1, 0.15) is 0 Å². The third-order valence-electron chi connectivity index (χ3n) is 2.75. The van der Waals surface area contributed by atoms with Crippen molar-refractivity contribution in [3.63, 3.8) is 0 Å². The Morgan fingerprint density at radius 3 is 2.92 bits per heavy atom. The van der Waals surface area contributed by atoms with Crippen molar-refractivity contribution in [1.82, 2.24) is 0 Å². The number of hydrogen-bond acceptors (Lipinski definition) is 2. The second-order valence-electron chi connectivity index (χ2n) is 4.14. The molecule has 70 valence electrons. The van der Waals surface area contributed by atoms with Gasteiger partial charge in [0, 0.05) is 10.3 Å². The zero-order chi connectivity index (χ0) is 9.64. The van der Waals surface area contributed by atoms with Crippen molar-refractivity contribution in [1.29, 1.82) is 0 Å². The Balaban J connectivity index is 2.59. The second kappa shape index (κ2) is 2.58. The van der Waals surface area contributed by atoms with Crippen LogP contribution in [0, 0.1) is 0 Å². The monoisotopic (exact) mass is 196 g/mol. The van der Waals surface area contributed by atoms with E-state index in [0.29, 0.717) is 5.56 Å². The lowest BCUT2D eigenvalue weighted by atomic mass is 9.85. The van der Waals surface area contributed by atoms with Gasteiger partial charge in [0.15, 0.2) is 0 Å². The lowest BCUT2D eigenvalue weighted by Crippen LogP contribution is -2.15. The van der Waals surface area contributed by atoms with E-state index >= 15 is 0 Å². The zero-order valence-corrected chi connectivity index (χ0v) is 8.57. The van der Waals surface area contributed by atoms with Gasteiger partial charge < -0.3 is 5.11 Å². The van der Waals surface area contributed by atoms with E-state index in [1.165, 1.54) is 4.88 Å². The minimum atomic E-state index is -0.785. The summed E-state index contributed by atoms with van der Waals surface area (Å²) in [5, 5.41) is 10.7. The molecule has 2 nitrogen and oxygen atoms in total. The molecule has 3 heteroatoms. The van der Waals surface area contributed by atoms with Gasteiger partial charge in [0.05, 0.1) is 5.56 Å². The van der Waals surface area contributed by atoms with E-state index in [1.54, 1.807) is 16.7 Å². The number of hydrogen-bond donors (Lipinski definition) is 1. The van der Waals surface area contributed by atoms with Crippen LogP contribution in [0.3, 0.4) is 0 Å². The highest BCUT2D eigenvalue weighted by molar-refractivity contribution is 7.10. The van der Waals surface area contributed by atoms with Crippen LogP contribution in [-0.2, 0) is 11.8 Å². The van der Waals surface area contributed by atoms with Crippen LogP contribution in [0.1, 0.15) is 41.1 Å². The van der Waals surface area contributed by atoms with Crippen molar-refractivity contribution in [2.45, 2.75) is 32.1 Å². The average Bonchev–Trinajstić information content (AvgIpc) is 2.53. The third-order valence-corrected chi connectivity index (χ3v) is 3.80. The van der Waals surface area contributed by atoms with Crippen molar-refractivity contribution >= 4 is 17.3 Å². The number of carboxylic acid groups (broad SMARTS) is 1. The maximum atomic E-state index is 10.9. The average molecular weight is 196 g/mol. The number of carboxylic acids is 1. The van der Waals surface area contributed by atoms with Crippen LogP contribution in [-0.4, -0.2) is 11.1 Å². The molecule has 0 saturated heterocycles. The van der Waals surface area contributed by atoms with Crippen molar-refractivity contribution in [3.8, 4) is 0 Å². The van der Waals surface area contributed by atoms with Crippen LogP contribution in [0.25, 0.3) is 0 Å². The van der Waals surface area contributed by atoms with E-state index in [0.717, 1.165) is 18.4 Å². The van der Waals surface area contributed by atoms with Crippen LogP contribution in [0.2, 0.25) is 0 Å². The summed E-state index contributed by atoms with van der Waals surface area (Å²) in [6, 6.07) is 0. The maximum Gasteiger partial charge on any atom is 0.336 e. The van der Waals surface area contributed by atoms with E-state index in [9.17, 15) is 4.79 Å². The summed E-state index contributed by atoms with van der Waals surface area (Å²) < 4.78 is 0. The van der Waals surface area contributed by atoms with Crippen molar-refractivity contribution < 1.29 is 9.90 Å². The molecule has 13 heavy (non-hydrogen) atoms. The van der Waals surface area contributed by atoms with Crippen molar-refractivity contribution in [3.05, 3.63) is 21.4 Å². The van der Waals surface area contributed by atoms with Crippen LogP contribution in [0.15, 0.2) is 5.38 Å². The van der Waals surface area contributed by atoms with E-state index in [4.69, 9.17) is 5.11 Å². The molecule has 2 rings (SSSR count). The smallest absolute Gasteiger partial charge is 0.336 e. The third kappa shape index (κ3) is 1.18. The molecule has 0 atom stereocenters. The van der Waals surface area contributed by atoms with Gasteiger partial charge in [-0.2, -0.15) is 0 Å². The summed E-state index contributed by atoms with van der Waals surface area (Å²) in [5.74, 6) is -0.785. The van der Waals surface area contributed by atoms with E-state index in [1.807, 2.05) is 0 Å². The first-order chi connectivity index (χ1) is 6.02. The Morgan fingerprint density at radius 2 is 2.31 bits per heavy atom. The zero-order valence-electron chi connectivity index (χ0n) is 7.76. The SMILES string of the molecule is CC1(C)CCc2scc(C(=O)O)c21. The van der Waals surface area contributed by atoms with Gasteiger partial charge in [-0.05, 0) is 23.8 Å². The Labute approximate surface area is 81.2 Å². The first-order valence-corrected chi connectivity index (χ1v) is 5.24. The van der Waals surface area contributed by atoms with E-state index < -0.39 is 5.97 Å². The fourth-order valence-corrected chi connectivity index (χ4v) is 3.24. The van der Waals surface area contributed by atoms with Gasteiger partial charge in [-0.25, -0.2) is 4.79 Å². The number of aromatic carboxylic acids is 1. The van der Waals surface area contributed by atoms with E-state index in [-0.39, 0.29) is 5.41 Å². The summed E-state index contributed by atoms with van der Waals surface area (Å²) in [7, 11) is 0. The highest BCUT2D eigenvalue weighted by Gasteiger charge is 2.35. The number of carbonyl (C=O) groups is 1. The molecule has 1 N–H and O–H groups in total. The number of aryl methyl sites for hydroxylation is 1. The van der Waals surface area contributed by atoms with Crippen LogP contribution in [0.5, 0.6) is 0 Å². The lowest BCUT2D eigenvalue weighted by molar-refractivity contribution is 0.0695. The first kappa shape index (κ1) is 8.75. The molecule has 0 unspecified atom stereocenters. The van der Waals surface area contributed by atoms with Crippen LogP contribution < -0.4 is 0 Å². The molecule has 0 radical (unpaired) electrons. The maximum absolute atomic E-state index is 10.9. The summed E-state index contributed by atoms with van der Waals surface area (Å²) in [5.41, 5.74) is 1.65. The Kier molecular flexibility index (Phi) is 1.74. The normalized spacial score (nSPS) is 18.6. The summed E-state index contributed by atoms with van der Waals surface area (Å²) in [6.07, 6.45) is 2.12. The number of rotatable bonds is 1. The highest BCUT2D eigenvalue weighted by atomic mass is 32.1. The van der Waals surface area contributed by atoms with E-state index in [2.05, 4.69) is 13.8 Å². The Hall–Kier alpha value is -0.830. The molecule has 1 aromatic rings. The predicted molar refractivity (Wildman–Crippen MR) is 52.6 cm³/mol. The summed E-state index contributed by atoms with van der Waals surface area (Å²) in [6.45, 7) is 4.25. The predicted octanol–water partition coefficient (Wildman–Crippen LogP) is 2.67. The minimum absolute atomic E-state index is 0.0586. The molecule has 0 fully saturated rings. The van der Waals surface area contributed by atoms with Crippen molar-refractivity contribution in [2.75, 3.05) is 0 Å². The molecule has 1 heterocycles. The molecule has 0 aliphatic heterocycles. The van der Waals surface area contributed by atoms with Gasteiger partial charge >= 0.3 is 5.97 Å². The van der Waals surface area contributed by atoms with Crippen molar-refractivity contribution in [2.24, 2.45) is 0 Å². The molecule has 0 spiro atoms. The second-order valence-corrected chi connectivity index (χ2v) is 5.10.